The summed E-state index contributed by atoms with van der Waals surface area (Å²) in [4.78, 5) is 29.7. The fourth-order valence-corrected chi connectivity index (χ4v) is 4.23. The van der Waals surface area contributed by atoms with E-state index in [1.807, 2.05) is 6.92 Å². The number of hydrogen-bond donors (Lipinski definition) is 2. The number of nitrogens with one attached hydrogen (secondary N) is 2. The van der Waals surface area contributed by atoms with Crippen LogP contribution in [-0.2, 0) is 0 Å². The Hall–Kier alpha value is -1.91. The predicted octanol–water partition coefficient (Wildman–Crippen LogP) is 4.01. The van der Waals surface area contributed by atoms with Crippen molar-refractivity contribution in [2.24, 2.45) is 11.8 Å². The summed E-state index contributed by atoms with van der Waals surface area (Å²) >= 11 is 0. The molecule has 2 N–H and O–H groups in total. The quantitative estimate of drug-likeness (QED) is 0.840. The molecule has 0 radical (unpaired) electrons. The van der Waals surface area contributed by atoms with Crippen molar-refractivity contribution in [1.29, 1.82) is 0 Å². The zero-order valence-electron chi connectivity index (χ0n) is 16.9. The minimum Gasteiger partial charge on any atom is -0.348 e. The molecule has 5 heteroatoms. The van der Waals surface area contributed by atoms with Gasteiger partial charge in [-0.25, -0.2) is 4.98 Å². The van der Waals surface area contributed by atoms with Crippen LogP contribution >= 0.6 is 0 Å². The van der Waals surface area contributed by atoms with E-state index in [1.165, 1.54) is 0 Å². The molecule has 0 saturated heterocycles. The Bertz CT molecular complexity index is 618. The van der Waals surface area contributed by atoms with Gasteiger partial charge >= 0.3 is 0 Å². The molecule has 1 aromatic rings. The molecule has 0 atom stereocenters. The molecular weight excluding hydrogens is 338 g/mol. The topological polar surface area (TPSA) is 71.1 Å². The summed E-state index contributed by atoms with van der Waals surface area (Å²) in [5.41, 5.74) is 1.57. The van der Waals surface area contributed by atoms with E-state index in [2.05, 4.69) is 29.5 Å². The number of carbonyl (C=O) groups is 2. The fourth-order valence-electron chi connectivity index (χ4n) is 4.23. The van der Waals surface area contributed by atoms with Crippen LogP contribution in [0.2, 0.25) is 0 Å². The lowest BCUT2D eigenvalue weighted by Crippen LogP contribution is -2.39. The maximum atomic E-state index is 12.6. The lowest BCUT2D eigenvalue weighted by Gasteiger charge is -2.27. The summed E-state index contributed by atoms with van der Waals surface area (Å²) in [5, 5.41) is 6.20. The lowest BCUT2D eigenvalue weighted by atomic mass is 9.87. The fraction of sp³-hybridized carbons (Fsp3) is 0.682. The van der Waals surface area contributed by atoms with Crippen LogP contribution in [-0.4, -0.2) is 28.9 Å². The van der Waals surface area contributed by atoms with E-state index in [-0.39, 0.29) is 23.9 Å². The van der Waals surface area contributed by atoms with Crippen molar-refractivity contribution in [3.63, 3.8) is 0 Å². The number of hydrogen-bond acceptors (Lipinski definition) is 3. The minimum atomic E-state index is -0.168. The van der Waals surface area contributed by atoms with Crippen molar-refractivity contribution in [2.45, 2.75) is 84.2 Å². The van der Waals surface area contributed by atoms with Gasteiger partial charge in [-0.05, 0) is 87.8 Å². The number of aryl methyl sites for hydroxylation is 1. The predicted molar refractivity (Wildman–Crippen MR) is 107 cm³/mol. The first kappa shape index (κ1) is 19.8. The Morgan fingerprint density at radius 1 is 0.778 bits per heavy atom. The number of aromatic nitrogens is 1. The van der Waals surface area contributed by atoms with Crippen LogP contribution in [0.1, 0.15) is 91.8 Å². The second kappa shape index (κ2) is 8.85. The van der Waals surface area contributed by atoms with Gasteiger partial charge in [-0.3, -0.25) is 9.59 Å². The second-order valence-electron chi connectivity index (χ2n) is 8.78. The van der Waals surface area contributed by atoms with Gasteiger partial charge in [-0.1, -0.05) is 13.8 Å². The summed E-state index contributed by atoms with van der Waals surface area (Å²) in [6, 6.07) is 3.97. The van der Waals surface area contributed by atoms with Crippen LogP contribution in [0, 0.1) is 18.8 Å². The van der Waals surface area contributed by atoms with Gasteiger partial charge < -0.3 is 10.6 Å². The molecule has 2 amide bonds. The summed E-state index contributed by atoms with van der Waals surface area (Å²) in [6.45, 7) is 6.43. The summed E-state index contributed by atoms with van der Waals surface area (Å²) in [7, 11) is 0. The van der Waals surface area contributed by atoms with Gasteiger partial charge in [0.2, 0.25) is 0 Å². The van der Waals surface area contributed by atoms with Crippen LogP contribution < -0.4 is 10.6 Å². The summed E-state index contributed by atoms with van der Waals surface area (Å²) in [6.07, 6.45) is 8.69. The van der Waals surface area contributed by atoms with Crippen molar-refractivity contribution in [3.05, 3.63) is 29.1 Å². The van der Waals surface area contributed by atoms with E-state index in [1.54, 1.807) is 12.1 Å². The smallest absolute Gasteiger partial charge is 0.270 e. The minimum absolute atomic E-state index is 0.168. The highest BCUT2D eigenvalue weighted by Gasteiger charge is 2.23. The van der Waals surface area contributed by atoms with Gasteiger partial charge in [-0.2, -0.15) is 0 Å². The van der Waals surface area contributed by atoms with Gasteiger partial charge in [0.1, 0.15) is 11.4 Å². The van der Waals surface area contributed by atoms with E-state index in [4.69, 9.17) is 0 Å². The van der Waals surface area contributed by atoms with Gasteiger partial charge in [0.25, 0.3) is 11.8 Å². The Kier molecular flexibility index (Phi) is 6.51. The Morgan fingerprint density at radius 3 is 1.52 bits per heavy atom. The average molecular weight is 372 g/mol. The molecule has 2 saturated carbocycles. The molecular formula is C22H33N3O2. The van der Waals surface area contributed by atoms with Crippen LogP contribution in [0.3, 0.4) is 0 Å². The first-order chi connectivity index (χ1) is 12.9. The highest BCUT2D eigenvalue weighted by Crippen LogP contribution is 2.24. The van der Waals surface area contributed by atoms with E-state index in [0.29, 0.717) is 11.4 Å². The van der Waals surface area contributed by atoms with Crippen LogP contribution in [0.25, 0.3) is 0 Å². The number of nitrogens with zero attached hydrogens (tertiary/aromatic N) is 1. The molecule has 148 valence electrons. The highest BCUT2D eigenvalue weighted by atomic mass is 16.2. The first-order valence-corrected chi connectivity index (χ1v) is 10.5. The Morgan fingerprint density at radius 2 is 1.15 bits per heavy atom. The number of carbonyl (C=O) groups excluding carboxylic acids is 2. The maximum Gasteiger partial charge on any atom is 0.270 e. The van der Waals surface area contributed by atoms with E-state index >= 15 is 0 Å². The van der Waals surface area contributed by atoms with Gasteiger partial charge in [0.15, 0.2) is 0 Å². The maximum absolute atomic E-state index is 12.6. The van der Waals surface area contributed by atoms with Crippen molar-refractivity contribution >= 4 is 11.8 Å². The monoisotopic (exact) mass is 371 g/mol. The molecule has 0 aromatic carbocycles. The molecule has 1 aromatic heterocycles. The number of pyridine rings is 1. The van der Waals surface area contributed by atoms with E-state index in [0.717, 1.165) is 68.8 Å². The van der Waals surface area contributed by atoms with Crippen LogP contribution in [0.5, 0.6) is 0 Å². The molecule has 0 aliphatic heterocycles. The van der Waals surface area contributed by atoms with Crippen LogP contribution in [0.4, 0.5) is 0 Å². The standard InChI is InChI=1S/C22H33N3O2/c1-14-4-8-17(9-5-14)23-21(26)19-12-16(3)13-20(25-19)22(27)24-18-10-6-15(2)7-11-18/h12-15,17-18H,4-11H2,1-3H3,(H,23,26)(H,24,27). The Labute approximate surface area is 162 Å². The van der Waals surface area contributed by atoms with Gasteiger partial charge in [0.05, 0.1) is 0 Å². The third kappa shape index (κ3) is 5.53. The largest absolute Gasteiger partial charge is 0.348 e. The van der Waals surface area contributed by atoms with Gasteiger partial charge in [-0.15, -0.1) is 0 Å². The third-order valence-electron chi connectivity index (χ3n) is 6.14. The van der Waals surface area contributed by atoms with Crippen molar-refractivity contribution < 1.29 is 9.59 Å². The van der Waals surface area contributed by atoms with Crippen molar-refractivity contribution in [3.8, 4) is 0 Å². The van der Waals surface area contributed by atoms with E-state index < -0.39 is 0 Å². The zero-order chi connectivity index (χ0) is 19.4. The number of rotatable bonds is 4. The number of amides is 2. The van der Waals surface area contributed by atoms with Crippen molar-refractivity contribution in [1.82, 2.24) is 15.6 Å². The molecule has 5 nitrogen and oxygen atoms in total. The zero-order valence-corrected chi connectivity index (χ0v) is 16.9. The first-order valence-electron chi connectivity index (χ1n) is 10.5. The highest BCUT2D eigenvalue weighted by molar-refractivity contribution is 5.96. The molecule has 1 heterocycles. The molecule has 2 aliphatic rings. The van der Waals surface area contributed by atoms with Crippen molar-refractivity contribution in [2.75, 3.05) is 0 Å². The molecule has 0 bridgehead atoms. The third-order valence-corrected chi connectivity index (χ3v) is 6.14. The lowest BCUT2D eigenvalue weighted by molar-refractivity contribution is 0.0913. The Balaban J connectivity index is 1.62. The molecule has 0 unspecified atom stereocenters. The van der Waals surface area contributed by atoms with Gasteiger partial charge in [0, 0.05) is 12.1 Å². The molecule has 2 fully saturated rings. The molecule has 27 heavy (non-hydrogen) atoms. The molecule has 2 aliphatic carbocycles. The van der Waals surface area contributed by atoms with E-state index in [9.17, 15) is 9.59 Å². The molecule has 0 spiro atoms. The summed E-state index contributed by atoms with van der Waals surface area (Å²) < 4.78 is 0. The average Bonchev–Trinajstić information content (AvgIpc) is 2.65. The normalized spacial score (nSPS) is 28.4. The summed E-state index contributed by atoms with van der Waals surface area (Å²) in [5.74, 6) is 1.15. The van der Waals surface area contributed by atoms with Crippen LogP contribution in [0.15, 0.2) is 12.1 Å². The molecule has 3 rings (SSSR count). The SMILES string of the molecule is Cc1cc(C(=O)NC2CCC(C)CC2)nc(C(=O)NC2CCC(C)CC2)c1. The second-order valence-corrected chi connectivity index (χ2v) is 8.78.